The molecule has 7 heteroatoms. The first kappa shape index (κ1) is 22.6. The number of hydrogen-bond donors (Lipinski definition) is 1. The second kappa shape index (κ2) is 10.8. The molecule has 0 unspecified atom stereocenters. The third-order valence-corrected chi connectivity index (χ3v) is 5.51. The molecule has 1 amide bonds. The Kier molecular flexibility index (Phi) is 7.42. The van der Waals surface area contributed by atoms with Crippen molar-refractivity contribution in [1.82, 2.24) is 14.5 Å². The summed E-state index contributed by atoms with van der Waals surface area (Å²) in [5, 5.41) is 2.96. The minimum atomic E-state index is -0.0892. The van der Waals surface area contributed by atoms with Crippen LogP contribution in [0.3, 0.4) is 0 Å². The Hall–Kier alpha value is -3.58. The Bertz CT molecular complexity index is 1250. The number of fused-ring (bicyclic) bond motifs is 1. The molecular weight excluding hydrogens is 418 g/mol. The molecule has 0 fully saturated rings. The van der Waals surface area contributed by atoms with Gasteiger partial charge >= 0.3 is 5.69 Å². The number of hydrogen-bond acceptors (Lipinski definition) is 4. The molecule has 0 saturated heterocycles. The maximum atomic E-state index is 12.8. The van der Waals surface area contributed by atoms with Crippen LogP contribution in [0.4, 0.5) is 0 Å². The Morgan fingerprint density at radius 3 is 2.42 bits per heavy atom. The monoisotopic (exact) mass is 447 g/mol. The van der Waals surface area contributed by atoms with Gasteiger partial charge in [0.25, 0.3) is 0 Å². The van der Waals surface area contributed by atoms with E-state index in [-0.39, 0.29) is 18.0 Å². The predicted octanol–water partition coefficient (Wildman–Crippen LogP) is 4.23. The van der Waals surface area contributed by atoms with Gasteiger partial charge in [0.1, 0.15) is 12.4 Å². The molecule has 2 heterocycles. The van der Waals surface area contributed by atoms with Gasteiger partial charge in [-0.15, -0.1) is 0 Å². The fraction of sp³-hybridized carbons (Fsp3) is 0.308. The number of nitrogens with zero attached hydrogens (tertiary/aromatic N) is 2. The van der Waals surface area contributed by atoms with Gasteiger partial charge in [-0.1, -0.05) is 43.3 Å². The third kappa shape index (κ3) is 5.62. The quantitative estimate of drug-likeness (QED) is 0.373. The molecule has 2 aromatic heterocycles. The number of para-hydroxylation sites is 2. The van der Waals surface area contributed by atoms with Crippen LogP contribution in [0.25, 0.3) is 11.0 Å². The number of nitrogens with one attached hydrogen (secondary N) is 1. The van der Waals surface area contributed by atoms with Crippen molar-refractivity contribution in [2.45, 2.75) is 52.6 Å². The van der Waals surface area contributed by atoms with Gasteiger partial charge in [-0.25, -0.2) is 4.79 Å². The molecule has 2 aromatic carbocycles. The number of aryl methyl sites for hydroxylation is 2. The van der Waals surface area contributed by atoms with E-state index in [0.29, 0.717) is 32.8 Å². The molecule has 33 heavy (non-hydrogen) atoms. The minimum Gasteiger partial charge on any atom is -0.467 e. The predicted molar refractivity (Wildman–Crippen MR) is 127 cm³/mol. The average Bonchev–Trinajstić information content (AvgIpc) is 3.44. The number of benzene rings is 2. The number of rotatable bonds is 11. The number of imidazole rings is 1. The van der Waals surface area contributed by atoms with Crippen molar-refractivity contribution in [3.63, 3.8) is 0 Å². The number of carbonyl (C=O) groups is 1. The van der Waals surface area contributed by atoms with Crippen molar-refractivity contribution < 1.29 is 13.9 Å². The SMILES string of the molecule is CCCn1c(=O)n(CCC(=O)NCc2cccc(COCc3ccco3)c2)c2ccccc21. The standard InChI is InChI=1S/C26H29N3O4/c1-2-13-28-23-10-3-4-11-24(23)29(26(28)31)14-12-25(30)27-17-20-7-5-8-21(16-20)18-32-19-22-9-6-15-33-22/h3-11,15-16H,2,12-14,17-19H2,1H3,(H,27,30). The molecule has 0 aliphatic rings. The zero-order valence-corrected chi connectivity index (χ0v) is 18.8. The van der Waals surface area contributed by atoms with Gasteiger partial charge in [0.15, 0.2) is 0 Å². The van der Waals surface area contributed by atoms with Gasteiger partial charge in [-0.3, -0.25) is 13.9 Å². The lowest BCUT2D eigenvalue weighted by atomic mass is 10.1. The fourth-order valence-corrected chi connectivity index (χ4v) is 3.92. The summed E-state index contributed by atoms with van der Waals surface area (Å²) in [5.74, 6) is 0.698. The highest BCUT2D eigenvalue weighted by Crippen LogP contribution is 2.14. The molecule has 0 aliphatic heterocycles. The molecule has 4 aromatic rings. The normalized spacial score (nSPS) is 11.2. The van der Waals surface area contributed by atoms with E-state index < -0.39 is 0 Å². The van der Waals surface area contributed by atoms with Gasteiger partial charge in [-0.2, -0.15) is 0 Å². The molecule has 1 N–H and O–H groups in total. The summed E-state index contributed by atoms with van der Waals surface area (Å²) in [6, 6.07) is 19.4. The van der Waals surface area contributed by atoms with Crippen molar-refractivity contribution in [2.24, 2.45) is 0 Å². The highest BCUT2D eigenvalue weighted by atomic mass is 16.5. The van der Waals surface area contributed by atoms with E-state index in [1.807, 2.05) is 67.6 Å². The molecule has 0 bridgehead atoms. The van der Waals surface area contributed by atoms with Crippen LogP contribution in [0, 0.1) is 0 Å². The van der Waals surface area contributed by atoms with Gasteiger partial charge in [0.2, 0.25) is 5.91 Å². The van der Waals surface area contributed by atoms with E-state index in [1.54, 1.807) is 15.4 Å². The van der Waals surface area contributed by atoms with E-state index in [9.17, 15) is 9.59 Å². The summed E-state index contributed by atoms with van der Waals surface area (Å²) in [4.78, 5) is 25.3. The molecular formula is C26H29N3O4. The number of ether oxygens (including phenoxy) is 1. The zero-order valence-electron chi connectivity index (χ0n) is 18.8. The third-order valence-electron chi connectivity index (χ3n) is 5.51. The number of furan rings is 1. The van der Waals surface area contributed by atoms with Crippen LogP contribution in [-0.4, -0.2) is 15.0 Å². The topological polar surface area (TPSA) is 78.4 Å². The van der Waals surface area contributed by atoms with Crippen molar-refractivity contribution in [3.8, 4) is 0 Å². The van der Waals surface area contributed by atoms with E-state index in [2.05, 4.69) is 5.32 Å². The first-order valence-corrected chi connectivity index (χ1v) is 11.3. The number of amides is 1. The van der Waals surface area contributed by atoms with E-state index in [0.717, 1.165) is 34.3 Å². The molecule has 172 valence electrons. The van der Waals surface area contributed by atoms with E-state index in [4.69, 9.17) is 9.15 Å². The first-order valence-electron chi connectivity index (χ1n) is 11.3. The first-order chi connectivity index (χ1) is 16.2. The maximum absolute atomic E-state index is 12.8. The zero-order chi connectivity index (χ0) is 23.0. The maximum Gasteiger partial charge on any atom is 0.329 e. The number of aromatic nitrogens is 2. The van der Waals surface area contributed by atoms with Crippen LogP contribution < -0.4 is 11.0 Å². The largest absolute Gasteiger partial charge is 0.467 e. The van der Waals surface area contributed by atoms with E-state index >= 15 is 0 Å². The summed E-state index contributed by atoms with van der Waals surface area (Å²) >= 11 is 0. The molecule has 0 atom stereocenters. The van der Waals surface area contributed by atoms with E-state index in [1.165, 1.54) is 0 Å². The van der Waals surface area contributed by atoms with Crippen molar-refractivity contribution in [2.75, 3.05) is 0 Å². The van der Waals surface area contributed by atoms with Crippen LogP contribution >= 0.6 is 0 Å². The highest BCUT2D eigenvalue weighted by Gasteiger charge is 2.13. The Balaban J connectivity index is 1.30. The fourth-order valence-electron chi connectivity index (χ4n) is 3.92. The van der Waals surface area contributed by atoms with Crippen molar-refractivity contribution >= 4 is 16.9 Å². The highest BCUT2D eigenvalue weighted by molar-refractivity contribution is 5.78. The van der Waals surface area contributed by atoms with Gasteiger partial charge in [0, 0.05) is 26.1 Å². The summed E-state index contributed by atoms with van der Waals surface area (Å²) in [6.07, 6.45) is 2.74. The van der Waals surface area contributed by atoms with Crippen LogP contribution in [0.1, 0.15) is 36.7 Å². The smallest absolute Gasteiger partial charge is 0.329 e. The molecule has 0 saturated carbocycles. The Labute approximate surface area is 192 Å². The molecule has 7 nitrogen and oxygen atoms in total. The summed E-state index contributed by atoms with van der Waals surface area (Å²) < 4.78 is 14.4. The van der Waals surface area contributed by atoms with Crippen molar-refractivity contribution in [3.05, 3.63) is 94.3 Å². The lowest BCUT2D eigenvalue weighted by Crippen LogP contribution is -2.28. The molecule has 4 rings (SSSR count). The lowest BCUT2D eigenvalue weighted by molar-refractivity contribution is -0.121. The van der Waals surface area contributed by atoms with Gasteiger partial charge in [0.05, 0.1) is 23.9 Å². The Morgan fingerprint density at radius 2 is 1.70 bits per heavy atom. The molecule has 0 spiro atoms. The lowest BCUT2D eigenvalue weighted by Gasteiger charge is -2.08. The second-order valence-electron chi connectivity index (χ2n) is 7.99. The summed E-state index contributed by atoms with van der Waals surface area (Å²) in [6.45, 7) is 4.38. The van der Waals surface area contributed by atoms with Crippen molar-refractivity contribution in [1.29, 1.82) is 0 Å². The van der Waals surface area contributed by atoms with Gasteiger partial charge < -0.3 is 14.5 Å². The van der Waals surface area contributed by atoms with Crippen LogP contribution in [0.2, 0.25) is 0 Å². The number of carbonyl (C=O) groups excluding carboxylic acids is 1. The van der Waals surface area contributed by atoms with Crippen LogP contribution in [0.15, 0.2) is 76.1 Å². The second-order valence-corrected chi connectivity index (χ2v) is 7.99. The van der Waals surface area contributed by atoms with Crippen LogP contribution in [0.5, 0.6) is 0 Å². The summed E-state index contributed by atoms with van der Waals surface area (Å²) in [5.41, 5.74) is 3.75. The average molecular weight is 448 g/mol. The van der Waals surface area contributed by atoms with Crippen LogP contribution in [-0.2, 0) is 42.4 Å². The molecule has 0 radical (unpaired) electrons. The molecule has 0 aliphatic carbocycles. The summed E-state index contributed by atoms with van der Waals surface area (Å²) in [7, 11) is 0. The Morgan fingerprint density at radius 1 is 0.939 bits per heavy atom. The van der Waals surface area contributed by atoms with Gasteiger partial charge in [-0.05, 0) is 41.8 Å². The minimum absolute atomic E-state index is 0.0619.